The summed E-state index contributed by atoms with van der Waals surface area (Å²) < 4.78 is 7.18. The minimum atomic E-state index is 0.706. The molecule has 5 nitrogen and oxygen atoms in total. The summed E-state index contributed by atoms with van der Waals surface area (Å²) in [5, 5.41) is 15.2. The molecule has 0 aromatic carbocycles. The summed E-state index contributed by atoms with van der Waals surface area (Å²) in [6, 6.07) is 5.99. The molecular weight excluding hydrogens is 280 g/mol. The van der Waals surface area contributed by atoms with Crippen molar-refractivity contribution >= 4 is 23.1 Å². The molecule has 0 unspecified atom stereocenters. The molecule has 7 heteroatoms. The molecule has 0 N–H and O–H groups in total. The third-order valence-electron chi connectivity index (χ3n) is 2.60. The fourth-order valence-electron chi connectivity index (χ4n) is 1.68. The number of hydrogen-bond acceptors (Lipinski definition) is 6. The molecule has 0 amide bonds. The maximum absolute atomic E-state index is 5.18. The first kappa shape index (κ1) is 12.4. The van der Waals surface area contributed by atoms with E-state index in [1.54, 1.807) is 23.1 Å². The second-order valence-electron chi connectivity index (χ2n) is 4.07. The lowest BCUT2D eigenvalue weighted by molar-refractivity contribution is 0.391. The summed E-state index contributed by atoms with van der Waals surface area (Å²) in [6.07, 6.45) is 0. The van der Waals surface area contributed by atoms with Gasteiger partial charge in [-0.1, -0.05) is 23.0 Å². The van der Waals surface area contributed by atoms with Crippen molar-refractivity contribution in [1.29, 1.82) is 0 Å². The van der Waals surface area contributed by atoms with Gasteiger partial charge < -0.3 is 9.09 Å². The highest BCUT2D eigenvalue weighted by atomic mass is 32.2. The van der Waals surface area contributed by atoms with Crippen LogP contribution in [0.3, 0.4) is 0 Å². The summed E-state index contributed by atoms with van der Waals surface area (Å²) >= 11 is 3.25. The second-order valence-corrected chi connectivity index (χ2v) is 5.96. The normalized spacial score (nSPS) is 11.1. The summed E-state index contributed by atoms with van der Waals surface area (Å²) in [7, 11) is 1.98. The van der Waals surface area contributed by atoms with Crippen molar-refractivity contribution < 1.29 is 4.52 Å². The first-order valence-corrected chi connectivity index (χ1v) is 7.59. The third-order valence-corrected chi connectivity index (χ3v) is 4.51. The number of thioether (sulfide) groups is 1. The van der Waals surface area contributed by atoms with Gasteiger partial charge in [-0.3, -0.25) is 0 Å². The minimum Gasteiger partial charge on any atom is -0.360 e. The van der Waals surface area contributed by atoms with Crippen LogP contribution in [0.1, 0.15) is 11.5 Å². The van der Waals surface area contributed by atoms with E-state index in [2.05, 4.69) is 15.4 Å². The van der Waals surface area contributed by atoms with Crippen molar-refractivity contribution in [1.82, 2.24) is 19.9 Å². The molecule has 3 rings (SSSR count). The van der Waals surface area contributed by atoms with Gasteiger partial charge in [-0.25, -0.2) is 0 Å². The van der Waals surface area contributed by atoms with Crippen LogP contribution in [-0.4, -0.2) is 19.9 Å². The van der Waals surface area contributed by atoms with Crippen LogP contribution in [0.15, 0.2) is 33.3 Å². The van der Waals surface area contributed by atoms with Gasteiger partial charge in [0.05, 0.1) is 16.3 Å². The Bertz CT molecular complexity index is 672. The van der Waals surface area contributed by atoms with E-state index in [-0.39, 0.29) is 0 Å². The quantitative estimate of drug-likeness (QED) is 0.691. The fraction of sp³-hybridized carbons (Fsp3) is 0.250. The molecule has 3 heterocycles. The van der Waals surface area contributed by atoms with Crippen LogP contribution in [0.4, 0.5) is 0 Å². The Labute approximate surface area is 118 Å². The molecule has 0 atom stereocenters. The summed E-state index contributed by atoms with van der Waals surface area (Å²) in [5.74, 6) is 2.45. The zero-order valence-electron chi connectivity index (χ0n) is 10.5. The molecule has 3 aromatic heterocycles. The van der Waals surface area contributed by atoms with Crippen molar-refractivity contribution in [3.8, 4) is 10.7 Å². The number of rotatable bonds is 4. The van der Waals surface area contributed by atoms with Crippen LogP contribution in [0, 0.1) is 6.92 Å². The standard InChI is InChI=1S/C12H12N4OS2/c1-8-6-9(17-15-8)7-19-12-14-13-11(16(12)2)10-4-3-5-18-10/h3-6H,7H2,1-2H3. The molecule has 3 aromatic rings. The number of nitrogens with zero attached hydrogens (tertiary/aromatic N) is 4. The van der Waals surface area contributed by atoms with Crippen molar-refractivity contribution in [2.75, 3.05) is 0 Å². The molecule has 0 aliphatic carbocycles. The highest BCUT2D eigenvalue weighted by Crippen LogP contribution is 2.27. The fourth-order valence-corrected chi connectivity index (χ4v) is 3.21. The topological polar surface area (TPSA) is 56.7 Å². The minimum absolute atomic E-state index is 0.706. The average molecular weight is 292 g/mol. The van der Waals surface area contributed by atoms with Crippen LogP contribution < -0.4 is 0 Å². The van der Waals surface area contributed by atoms with Gasteiger partial charge in [-0.15, -0.1) is 21.5 Å². The Morgan fingerprint density at radius 3 is 3.00 bits per heavy atom. The molecule has 19 heavy (non-hydrogen) atoms. The summed E-state index contributed by atoms with van der Waals surface area (Å²) in [4.78, 5) is 1.12. The van der Waals surface area contributed by atoms with Gasteiger partial charge in [0, 0.05) is 13.1 Å². The number of hydrogen-bond donors (Lipinski definition) is 0. The highest BCUT2D eigenvalue weighted by molar-refractivity contribution is 7.98. The lowest BCUT2D eigenvalue weighted by Gasteiger charge is -2.00. The highest BCUT2D eigenvalue weighted by Gasteiger charge is 2.12. The Morgan fingerprint density at radius 2 is 2.32 bits per heavy atom. The molecule has 0 aliphatic heterocycles. The predicted octanol–water partition coefficient (Wildman–Crippen LogP) is 3.13. The van der Waals surface area contributed by atoms with Gasteiger partial charge >= 0.3 is 0 Å². The number of thiophene rings is 1. The Hall–Kier alpha value is -1.60. The first-order chi connectivity index (χ1) is 9.24. The van der Waals surface area contributed by atoms with E-state index in [0.29, 0.717) is 5.75 Å². The lowest BCUT2D eigenvalue weighted by atomic mass is 10.4. The van der Waals surface area contributed by atoms with E-state index in [4.69, 9.17) is 4.52 Å². The first-order valence-electron chi connectivity index (χ1n) is 5.72. The smallest absolute Gasteiger partial charge is 0.191 e. The van der Waals surface area contributed by atoms with E-state index in [9.17, 15) is 0 Å². The van der Waals surface area contributed by atoms with Gasteiger partial charge in [-0.2, -0.15) is 0 Å². The van der Waals surface area contributed by atoms with Gasteiger partial charge in [0.2, 0.25) is 0 Å². The van der Waals surface area contributed by atoms with E-state index in [0.717, 1.165) is 27.3 Å². The zero-order valence-corrected chi connectivity index (χ0v) is 12.2. The Balaban J connectivity index is 1.75. The number of aryl methyl sites for hydroxylation is 1. The van der Waals surface area contributed by atoms with Gasteiger partial charge in [0.1, 0.15) is 5.76 Å². The molecule has 98 valence electrons. The molecule has 0 fully saturated rings. The number of aromatic nitrogens is 4. The molecule has 0 radical (unpaired) electrons. The monoisotopic (exact) mass is 292 g/mol. The van der Waals surface area contributed by atoms with Crippen molar-refractivity contribution in [2.45, 2.75) is 17.8 Å². The van der Waals surface area contributed by atoms with Gasteiger partial charge in [0.25, 0.3) is 0 Å². The van der Waals surface area contributed by atoms with Crippen molar-refractivity contribution in [2.24, 2.45) is 7.05 Å². The van der Waals surface area contributed by atoms with Crippen molar-refractivity contribution in [3.05, 3.63) is 35.0 Å². The van der Waals surface area contributed by atoms with Gasteiger partial charge in [0.15, 0.2) is 11.0 Å². The molecule has 0 saturated carbocycles. The van der Waals surface area contributed by atoms with Crippen LogP contribution in [0.25, 0.3) is 10.7 Å². The Morgan fingerprint density at radius 1 is 1.42 bits per heavy atom. The molecule has 0 bridgehead atoms. The zero-order chi connectivity index (χ0) is 13.2. The largest absolute Gasteiger partial charge is 0.360 e. The third kappa shape index (κ3) is 2.57. The van der Waals surface area contributed by atoms with Gasteiger partial charge in [-0.05, 0) is 18.4 Å². The summed E-state index contributed by atoms with van der Waals surface area (Å²) in [5.41, 5.74) is 0.896. The molecule has 0 spiro atoms. The SMILES string of the molecule is Cc1cc(CSc2nnc(-c3cccs3)n2C)on1. The molecule has 0 saturated heterocycles. The predicted molar refractivity (Wildman–Crippen MR) is 75.1 cm³/mol. The lowest BCUT2D eigenvalue weighted by Crippen LogP contribution is -1.93. The van der Waals surface area contributed by atoms with Crippen LogP contribution in [-0.2, 0) is 12.8 Å². The van der Waals surface area contributed by atoms with Crippen LogP contribution in [0.5, 0.6) is 0 Å². The second kappa shape index (κ2) is 5.18. The van der Waals surface area contributed by atoms with E-state index in [1.807, 2.05) is 42.1 Å². The maximum Gasteiger partial charge on any atom is 0.191 e. The van der Waals surface area contributed by atoms with Crippen LogP contribution >= 0.6 is 23.1 Å². The Kier molecular flexibility index (Phi) is 3.39. The molecular formula is C12H12N4OS2. The van der Waals surface area contributed by atoms with E-state index < -0.39 is 0 Å². The van der Waals surface area contributed by atoms with Crippen molar-refractivity contribution in [3.63, 3.8) is 0 Å². The van der Waals surface area contributed by atoms with E-state index in [1.165, 1.54) is 0 Å². The maximum atomic E-state index is 5.18. The molecule has 0 aliphatic rings. The average Bonchev–Trinajstić information content (AvgIpc) is 3.09. The van der Waals surface area contributed by atoms with Crippen LogP contribution in [0.2, 0.25) is 0 Å². The summed E-state index contributed by atoms with van der Waals surface area (Å²) in [6.45, 7) is 1.91. The van der Waals surface area contributed by atoms with E-state index >= 15 is 0 Å².